The molecule has 0 aromatic heterocycles. The number of rotatable bonds is 2. The molecule has 0 bridgehead atoms. The summed E-state index contributed by atoms with van der Waals surface area (Å²) in [6.07, 6.45) is 0.841. The first kappa shape index (κ1) is 16.1. The summed E-state index contributed by atoms with van der Waals surface area (Å²) < 4.78 is 10.2. The van der Waals surface area contributed by atoms with E-state index in [-0.39, 0.29) is 18.0 Å². The highest BCUT2D eigenvalue weighted by Crippen LogP contribution is 2.21. The number of esters is 1. The van der Waals surface area contributed by atoms with E-state index >= 15 is 0 Å². The first-order chi connectivity index (χ1) is 8.69. The predicted molar refractivity (Wildman–Crippen MR) is 71.9 cm³/mol. The smallest absolute Gasteiger partial charge is 0.410 e. The molecule has 0 spiro atoms. The van der Waals surface area contributed by atoms with E-state index < -0.39 is 11.2 Å². The molecule has 5 nitrogen and oxygen atoms in total. The highest BCUT2D eigenvalue weighted by Gasteiger charge is 2.31. The Labute approximate surface area is 119 Å². The molecule has 1 fully saturated rings. The van der Waals surface area contributed by atoms with E-state index in [0.29, 0.717) is 25.9 Å². The molecule has 1 saturated heterocycles. The van der Waals surface area contributed by atoms with Gasteiger partial charge in [-0.15, -0.1) is 0 Å². The molecule has 1 heterocycles. The lowest BCUT2D eigenvalue weighted by atomic mass is 9.97. The van der Waals surface area contributed by atoms with E-state index in [9.17, 15) is 9.59 Å². The molecular weight excluding hydrogens is 270 g/mol. The minimum Gasteiger partial charge on any atom is -0.446 e. The SMILES string of the molecule is C[C@@H](Cl)OC(=O)C1CCN(C(=O)OC(C)(C)C)CC1. The number of carbonyl (C=O) groups excluding carboxylic acids is 2. The second-order valence-electron chi connectivity index (χ2n) is 5.72. The van der Waals surface area contributed by atoms with Gasteiger partial charge in [0.15, 0.2) is 5.56 Å². The third-order valence-electron chi connectivity index (χ3n) is 2.76. The number of piperidine rings is 1. The molecule has 19 heavy (non-hydrogen) atoms. The minimum absolute atomic E-state index is 0.181. The number of likely N-dealkylation sites (tertiary alicyclic amines) is 1. The van der Waals surface area contributed by atoms with Crippen molar-refractivity contribution in [3.05, 3.63) is 0 Å². The number of alkyl halides is 1. The Morgan fingerprint density at radius 2 is 1.79 bits per heavy atom. The third kappa shape index (κ3) is 5.68. The Kier molecular flexibility index (Phi) is 5.47. The summed E-state index contributed by atoms with van der Waals surface area (Å²) in [5.41, 5.74) is -1.11. The van der Waals surface area contributed by atoms with Gasteiger partial charge in [-0.1, -0.05) is 11.6 Å². The van der Waals surface area contributed by atoms with Gasteiger partial charge in [0.2, 0.25) is 0 Å². The topological polar surface area (TPSA) is 55.8 Å². The Morgan fingerprint density at radius 3 is 2.21 bits per heavy atom. The summed E-state index contributed by atoms with van der Waals surface area (Å²) >= 11 is 5.62. The quantitative estimate of drug-likeness (QED) is 0.580. The fourth-order valence-corrected chi connectivity index (χ4v) is 1.97. The van der Waals surface area contributed by atoms with Crippen LogP contribution in [0.3, 0.4) is 0 Å². The van der Waals surface area contributed by atoms with E-state index in [1.807, 2.05) is 20.8 Å². The molecule has 0 saturated carbocycles. The summed E-state index contributed by atoms with van der Waals surface area (Å²) in [5.74, 6) is -0.466. The molecule has 1 amide bonds. The van der Waals surface area contributed by atoms with Crippen LogP contribution >= 0.6 is 11.6 Å². The molecule has 110 valence electrons. The molecule has 1 atom stereocenters. The van der Waals surface area contributed by atoms with Crippen LogP contribution in [0, 0.1) is 5.92 Å². The maximum absolute atomic E-state index is 11.8. The standard InChI is InChI=1S/C13H22ClNO4/c1-9(14)18-11(16)10-5-7-15(8-6-10)12(17)19-13(2,3)4/h9-10H,5-8H2,1-4H3/t9-/m0/s1. The lowest BCUT2D eigenvalue weighted by Crippen LogP contribution is -2.43. The van der Waals surface area contributed by atoms with Crippen LogP contribution in [0.2, 0.25) is 0 Å². The summed E-state index contributed by atoms with van der Waals surface area (Å²) in [5, 5.41) is 0. The largest absolute Gasteiger partial charge is 0.446 e. The predicted octanol–water partition coefficient (Wildman–Crippen LogP) is 2.76. The van der Waals surface area contributed by atoms with Gasteiger partial charge in [-0.2, -0.15) is 0 Å². The number of amides is 1. The van der Waals surface area contributed by atoms with E-state index in [4.69, 9.17) is 21.1 Å². The van der Waals surface area contributed by atoms with Crippen molar-refractivity contribution < 1.29 is 19.1 Å². The molecular formula is C13H22ClNO4. The zero-order valence-electron chi connectivity index (χ0n) is 11.9. The first-order valence-corrected chi connectivity index (χ1v) is 6.95. The second-order valence-corrected chi connectivity index (χ2v) is 6.34. The zero-order chi connectivity index (χ0) is 14.6. The number of hydrogen-bond acceptors (Lipinski definition) is 4. The van der Waals surface area contributed by atoms with Gasteiger partial charge in [-0.3, -0.25) is 4.79 Å². The van der Waals surface area contributed by atoms with Gasteiger partial charge in [0.1, 0.15) is 5.60 Å². The zero-order valence-corrected chi connectivity index (χ0v) is 12.7. The van der Waals surface area contributed by atoms with Crippen LogP contribution in [0.1, 0.15) is 40.5 Å². The van der Waals surface area contributed by atoms with E-state index in [1.54, 1.807) is 11.8 Å². The Balaban J connectivity index is 2.40. The van der Waals surface area contributed by atoms with Gasteiger partial charge in [-0.05, 0) is 40.5 Å². The fourth-order valence-electron chi connectivity index (χ4n) is 1.88. The van der Waals surface area contributed by atoms with Crippen molar-refractivity contribution in [3.63, 3.8) is 0 Å². The van der Waals surface area contributed by atoms with Crippen molar-refractivity contribution >= 4 is 23.7 Å². The third-order valence-corrected chi connectivity index (χ3v) is 2.85. The first-order valence-electron chi connectivity index (χ1n) is 6.51. The Morgan fingerprint density at radius 1 is 1.26 bits per heavy atom. The maximum Gasteiger partial charge on any atom is 0.410 e. The molecule has 0 aromatic carbocycles. The van der Waals surface area contributed by atoms with E-state index in [0.717, 1.165) is 0 Å². The van der Waals surface area contributed by atoms with Crippen LogP contribution in [0.15, 0.2) is 0 Å². The van der Waals surface area contributed by atoms with Crippen LogP contribution in [0.25, 0.3) is 0 Å². The Bertz CT molecular complexity index is 330. The van der Waals surface area contributed by atoms with Gasteiger partial charge < -0.3 is 14.4 Å². The molecule has 6 heteroatoms. The van der Waals surface area contributed by atoms with Crippen molar-refractivity contribution in [2.45, 2.75) is 51.7 Å². The van der Waals surface area contributed by atoms with Gasteiger partial charge in [0, 0.05) is 13.1 Å². The van der Waals surface area contributed by atoms with Crippen molar-refractivity contribution in [3.8, 4) is 0 Å². The van der Waals surface area contributed by atoms with Gasteiger partial charge in [0.25, 0.3) is 0 Å². The molecule has 1 rings (SSSR count). The lowest BCUT2D eigenvalue weighted by Gasteiger charge is -2.32. The van der Waals surface area contributed by atoms with E-state index in [2.05, 4.69) is 0 Å². The summed E-state index contributed by atoms with van der Waals surface area (Å²) in [4.78, 5) is 25.1. The Hall–Kier alpha value is -0.970. The van der Waals surface area contributed by atoms with Crippen LogP contribution in [0.4, 0.5) is 4.79 Å². The molecule has 0 unspecified atom stereocenters. The average molecular weight is 292 g/mol. The molecule has 0 radical (unpaired) electrons. The highest BCUT2D eigenvalue weighted by molar-refractivity contribution is 6.19. The van der Waals surface area contributed by atoms with Gasteiger partial charge in [-0.25, -0.2) is 4.79 Å². The lowest BCUT2D eigenvalue weighted by molar-refractivity contribution is -0.151. The van der Waals surface area contributed by atoms with Gasteiger partial charge >= 0.3 is 12.1 Å². The van der Waals surface area contributed by atoms with Crippen LogP contribution < -0.4 is 0 Å². The molecule has 0 aromatic rings. The number of nitrogens with zero attached hydrogens (tertiary/aromatic N) is 1. The van der Waals surface area contributed by atoms with Crippen molar-refractivity contribution in [1.29, 1.82) is 0 Å². The fraction of sp³-hybridized carbons (Fsp3) is 0.846. The summed E-state index contributed by atoms with van der Waals surface area (Å²) in [6, 6.07) is 0. The molecule has 1 aliphatic heterocycles. The minimum atomic E-state index is -0.614. The monoisotopic (exact) mass is 291 g/mol. The molecule has 1 aliphatic rings. The van der Waals surface area contributed by atoms with Crippen LogP contribution in [0.5, 0.6) is 0 Å². The van der Waals surface area contributed by atoms with Crippen molar-refractivity contribution in [1.82, 2.24) is 4.90 Å². The number of hydrogen-bond donors (Lipinski definition) is 0. The second kappa shape index (κ2) is 6.46. The van der Waals surface area contributed by atoms with E-state index in [1.165, 1.54) is 0 Å². The van der Waals surface area contributed by atoms with Crippen molar-refractivity contribution in [2.75, 3.05) is 13.1 Å². The highest BCUT2D eigenvalue weighted by atomic mass is 35.5. The summed E-state index contributed by atoms with van der Waals surface area (Å²) in [6.45, 7) is 8.11. The van der Waals surface area contributed by atoms with Crippen LogP contribution in [-0.4, -0.2) is 41.2 Å². The van der Waals surface area contributed by atoms with Crippen LogP contribution in [-0.2, 0) is 14.3 Å². The van der Waals surface area contributed by atoms with Gasteiger partial charge in [0.05, 0.1) is 5.92 Å². The maximum atomic E-state index is 11.8. The number of halogens is 1. The number of ether oxygens (including phenoxy) is 2. The summed E-state index contributed by atoms with van der Waals surface area (Å²) in [7, 11) is 0. The molecule has 0 N–H and O–H groups in total. The average Bonchev–Trinajstić information content (AvgIpc) is 2.26. The number of carbonyl (C=O) groups is 2. The normalized spacial score (nSPS) is 18.9. The van der Waals surface area contributed by atoms with Crippen molar-refractivity contribution in [2.24, 2.45) is 5.92 Å². The molecule has 0 aliphatic carbocycles.